The van der Waals surface area contributed by atoms with Crippen LogP contribution >= 0.6 is 23.2 Å². The summed E-state index contributed by atoms with van der Waals surface area (Å²) in [6.45, 7) is -2.65. The number of nitrogens with zero attached hydrogens (tertiary/aromatic N) is 2. The minimum absolute atomic E-state index is 0.0981. The van der Waals surface area contributed by atoms with E-state index in [2.05, 4.69) is 15.2 Å². The Morgan fingerprint density at radius 1 is 1.19 bits per heavy atom. The van der Waals surface area contributed by atoms with E-state index in [9.17, 15) is 13.6 Å². The zero-order valence-corrected chi connectivity index (χ0v) is 15.2. The van der Waals surface area contributed by atoms with Crippen LogP contribution in [-0.2, 0) is 6.54 Å². The van der Waals surface area contributed by atoms with Gasteiger partial charge in [0, 0.05) is 21.7 Å². The zero-order valence-electron chi connectivity index (χ0n) is 13.7. The number of aromatic nitrogens is 2. The SMILES string of the molecule is O=C(Nc1ccnn1Cc1ccc(Cl)cc1Cl)c1cccc(OC(F)F)c1. The lowest BCUT2D eigenvalue weighted by atomic mass is 10.2. The number of anilines is 1. The van der Waals surface area contributed by atoms with Crippen LogP contribution in [0.3, 0.4) is 0 Å². The third-order valence-corrected chi connectivity index (χ3v) is 4.20. The van der Waals surface area contributed by atoms with Gasteiger partial charge in [0.2, 0.25) is 0 Å². The molecule has 0 fully saturated rings. The molecule has 0 atom stereocenters. The quantitative estimate of drug-likeness (QED) is 0.614. The summed E-state index contributed by atoms with van der Waals surface area (Å²) in [7, 11) is 0. The van der Waals surface area contributed by atoms with Gasteiger partial charge in [-0.25, -0.2) is 4.68 Å². The molecule has 0 bridgehead atoms. The Labute approximate surface area is 163 Å². The van der Waals surface area contributed by atoms with E-state index in [1.54, 1.807) is 28.9 Å². The second kappa shape index (κ2) is 8.37. The highest BCUT2D eigenvalue weighted by Gasteiger charge is 2.13. The zero-order chi connectivity index (χ0) is 19.4. The minimum Gasteiger partial charge on any atom is -0.435 e. The van der Waals surface area contributed by atoms with Gasteiger partial charge < -0.3 is 10.1 Å². The molecule has 1 N–H and O–H groups in total. The number of amides is 1. The van der Waals surface area contributed by atoms with Crippen LogP contribution in [0.4, 0.5) is 14.6 Å². The van der Waals surface area contributed by atoms with E-state index in [0.717, 1.165) is 5.56 Å². The lowest BCUT2D eigenvalue weighted by Gasteiger charge is -2.11. The first-order valence-corrected chi connectivity index (χ1v) is 8.50. The van der Waals surface area contributed by atoms with Gasteiger partial charge in [-0.15, -0.1) is 0 Å². The molecule has 0 radical (unpaired) electrons. The molecule has 140 valence electrons. The molecule has 9 heteroatoms. The Morgan fingerprint density at radius 3 is 2.74 bits per heavy atom. The number of carbonyl (C=O) groups excluding carboxylic acids is 1. The Morgan fingerprint density at radius 2 is 2.00 bits per heavy atom. The molecule has 1 heterocycles. The van der Waals surface area contributed by atoms with Gasteiger partial charge in [0.15, 0.2) is 0 Å². The molecular formula is C18H13Cl2F2N3O2. The number of ether oxygens (including phenoxy) is 1. The average molecular weight is 412 g/mol. The number of hydrogen-bond acceptors (Lipinski definition) is 3. The number of carbonyl (C=O) groups is 1. The second-order valence-electron chi connectivity index (χ2n) is 5.47. The molecular weight excluding hydrogens is 399 g/mol. The molecule has 0 spiro atoms. The first-order chi connectivity index (χ1) is 12.9. The van der Waals surface area contributed by atoms with Crippen LogP contribution in [0.1, 0.15) is 15.9 Å². The van der Waals surface area contributed by atoms with Crippen LogP contribution in [0.25, 0.3) is 0 Å². The number of rotatable bonds is 6. The van der Waals surface area contributed by atoms with E-state index in [-0.39, 0.29) is 11.3 Å². The van der Waals surface area contributed by atoms with Crippen molar-refractivity contribution in [2.24, 2.45) is 0 Å². The standard InChI is InChI=1S/C18H13Cl2F2N3O2/c19-13-5-4-12(15(20)9-13)10-25-16(6-7-23-25)24-17(26)11-2-1-3-14(8-11)27-18(21)22/h1-9,18H,10H2,(H,24,26). The predicted octanol–water partition coefficient (Wildman–Crippen LogP) is 5.09. The van der Waals surface area contributed by atoms with Crippen LogP contribution in [-0.4, -0.2) is 22.3 Å². The Bertz CT molecular complexity index is 963. The highest BCUT2D eigenvalue weighted by Crippen LogP contribution is 2.23. The summed E-state index contributed by atoms with van der Waals surface area (Å²) in [4.78, 5) is 12.4. The van der Waals surface area contributed by atoms with Gasteiger partial charge in [0.05, 0.1) is 12.7 Å². The maximum Gasteiger partial charge on any atom is 0.387 e. The van der Waals surface area contributed by atoms with E-state index in [1.807, 2.05) is 0 Å². The van der Waals surface area contributed by atoms with E-state index in [1.165, 1.54) is 30.5 Å². The average Bonchev–Trinajstić information content (AvgIpc) is 3.04. The van der Waals surface area contributed by atoms with Crippen LogP contribution in [0.5, 0.6) is 5.75 Å². The topological polar surface area (TPSA) is 56.2 Å². The van der Waals surface area contributed by atoms with Crippen molar-refractivity contribution < 1.29 is 18.3 Å². The fraction of sp³-hybridized carbons (Fsp3) is 0.111. The van der Waals surface area contributed by atoms with Crippen LogP contribution in [0, 0.1) is 0 Å². The summed E-state index contributed by atoms with van der Waals surface area (Å²) >= 11 is 12.1. The van der Waals surface area contributed by atoms with Crippen molar-refractivity contribution in [2.45, 2.75) is 13.2 Å². The number of benzene rings is 2. The number of hydrogen-bond donors (Lipinski definition) is 1. The Balaban J connectivity index is 1.75. The van der Waals surface area contributed by atoms with Gasteiger partial charge in [-0.05, 0) is 35.9 Å². The van der Waals surface area contributed by atoms with Gasteiger partial charge >= 0.3 is 6.61 Å². The van der Waals surface area contributed by atoms with Crippen molar-refractivity contribution in [3.05, 3.63) is 75.9 Å². The molecule has 0 aliphatic carbocycles. The van der Waals surface area contributed by atoms with Crippen molar-refractivity contribution >= 4 is 34.9 Å². The van der Waals surface area contributed by atoms with Crippen molar-refractivity contribution in [1.29, 1.82) is 0 Å². The molecule has 0 saturated heterocycles. The fourth-order valence-electron chi connectivity index (χ4n) is 2.38. The Kier molecular flexibility index (Phi) is 5.93. The van der Waals surface area contributed by atoms with Crippen LogP contribution in [0.2, 0.25) is 10.0 Å². The molecule has 0 saturated carbocycles. The Hall–Kier alpha value is -2.64. The fourth-order valence-corrected chi connectivity index (χ4v) is 2.85. The van der Waals surface area contributed by atoms with Gasteiger partial charge in [0.1, 0.15) is 11.6 Å². The van der Waals surface area contributed by atoms with E-state index in [4.69, 9.17) is 23.2 Å². The first-order valence-electron chi connectivity index (χ1n) is 7.74. The second-order valence-corrected chi connectivity index (χ2v) is 6.31. The predicted molar refractivity (Wildman–Crippen MR) is 98.8 cm³/mol. The third-order valence-electron chi connectivity index (χ3n) is 3.61. The van der Waals surface area contributed by atoms with Crippen molar-refractivity contribution in [3.8, 4) is 5.75 Å². The maximum absolute atomic E-state index is 12.4. The first kappa shape index (κ1) is 19.1. The van der Waals surface area contributed by atoms with Gasteiger partial charge in [0.25, 0.3) is 5.91 Å². The van der Waals surface area contributed by atoms with Gasteiger partial charge in [-0.2, -0.15) is 13.9 Å². The van der Waals surface area contributed by atoms with E-state index < -0.39 is 12.5 Å². The molecule has 27 heavy (non-hydrogen) atoms. The normalized spacial score (nSPS) is 10.9. The number of halogens is 4. The number of nitrogens with one attached hydrogen (secondary N) is 1. The molecule has 3 aromatic rings. The highest BCUT2D eigenvalue weighted by atomic mass is 35.5. The molecule has 0 unspecified atom stereocenters. The molecule has 3 rings (SSSR count). The summed E-state index contributed by atoms with van der Waals surface area (Å²) < 4.78 is 30.5. The van der Waals surface area contributed by atoms with Crippen LogP contribution < -0.4 is 10.1 Å². The van der Waals surface area contributed by atoms with Gasteiger partial charge in [-0.3, -0.25) is 4.79 Å². The molecule has 2 aromatic carbocycles. The largest absolute Gasteiger partial charge is 0.435 e. The summed E-state index contributed by atoms with van der Waals surface area (Å²) in [6.07, 6.45) is 1.52. The van der Waals surface area contributed by atoms with Crippen molar-refractivity contribution in [3.63, 3.8) is 0 Å². The molecule has 1 amide bonds. The van der Waals surface area contributed by atoms with Crippen LogP contribution in [0.15, 0.2) is 54.7 Å². The summed E-state index contributed by atoms with van der Waals surface area (Å²) in [5.74, 6) is -0.163. The minimum atomic E-state index is -2.96. The molecule has 0 aliphatic heterocycles. The maximum atomic E-state index is 12.4. The summed E-state index contributed by atoms with van der Waals surface area (Å²) in [5.41, 5.74) is 0.943. The van der Waals surface area contributed by atoms with Crippen molar-refractivity contribution in [2.75, 3.05) is 5.32 Å². The lowest BCUT2D eigenvalue weighted by Crippen LogP contribution is -2.16. The van der Waals surface area contributed by atoms with E-state index >= 15 is 0 Å². The smallest absolute Gasteiger partial charge is 0.387 e. The number of alkyl halides is 2. The summed E-state index contributed by atoms with van der Waals surface area (Å²) in [6, 6.07) is 12.2. The third kappa shape index (κ3) is 4.96. The molecule has 5 nitrogen and oxygen atoms in total. The molecule has 1 aromatic heterocycles. The lowest BCUT2D eigenvalue weighted by molar-refractivity contribution is -0.0498. The highest BCUT2D eigenvalue weighted by molar-refractivity contribution is 6.35. The summed E-state index contributed by atoms with van der Waals surface area (Å²) in [5, 5.41) is 7.85. The van der Waals surface area contributed by atoms with E-state index in [0.29, 0.717) is 22.4 Å². The monoisotopic (exact) mass is 411 g/mol. The molecule has 0 aliphatic rings. The van der Waals surface area contributed by atoms with Crippen molar-refractivity contribution in [1.82, 2.24) is 9.78 Å². The van der Waals surface area contributed by atoms with Gasteiger partial charge in [-0.1, -0.05) is 35.3 Å².